The Morgan fingerprint density at radius 3 is 2.41 bits per heavy atom. The highest BCUT2D eigenvalue weighted by Gasteiger charge is 2.33. The van der Waals surface area contributed by atoms with Gasteiger partial charge in [0.2, 0.25) is 0 Å². The highest BCUT2D eigenvalue weighted by Crippen LogP contribution is 2.30. The summed E-state index contributed by atoms with van der Waals surface area (Å²) in [6.45, 7) is 1.12. The van der Waals surface area contributed by atoms with Crippen LogP contribution in [0.3, 0.4) is 0 Å². The molecule has 1 rings (SSSR count). The van der Waals surface area contributed by atoms with Crippen LogP contribution in [0.25, 0.3) is 0 Å². The maximum atomic E-state index is 12.4. The molecular formula is C9H5F5N2O. The van der Waals surface area contributed by atoms with Crippen molar-refractivity contribution in [1.82, 2.24) is 4.98 Å². The quantitative estimate of drug-likeness (QED) is 0.760. The van der Waals surface area contributed by atoms with Crippen molar-refractivity contribution in [2.45, 2.75) is 19.7 Å². The van der Waals surface area contributed by atoms with Gasteiger partial charge in [0.1, 0.15) is 11.8 Å². The van der Waals surface area contributed by atoms with Gasteiger partial charge >= 0.3 is 6.36 Å². The predicted molar refractivity (Wildman–Crippen MR) is 45.3 cm³/mol. The number of hydrogen-bond donors (Lipinski definition) is 0. The Balaban J connectivity index is 3.26. The molecule has 3 nitrogen and oxygen atoms in total. The van der Waals surface area contributed by atoms with Crippen molar-refractivity contribution < 1.29 is 26.7 Å². The van der Waals surface area contributed by atoms with Gasteiger partial charge in [-0.3, -0.25) is 0 Å². The van der Waals surface area contributed by atoms with Gasteiger partial charge in [-0.25, -0.2) is 13.8 Å². The number of ether oxygens (including phenoxy) is 1. The summed E-state index contributed by atoms with van der Waals surface area (Å²) >= 11 is 0. The van der Waals surface area contributed by atoms with E-state index in [-0.39, 0.29) is 5.69 Å². The van der Waals surface area contributed by atoms with Gasteiger partial charge in [0.05, 0.1) is 11.3 Å². The fraction of sp³-hybridized carbons (Fsp3) is 0.333. The third-order valence-corrected chi connectivity index (χ3v) is 1.76. The summed E-state index contributed by atoms with van der Waals surface area (Å²) in [6, 6.07) is 1.85. The molecule has 0 aliphatic carbocycles. The number of nitriles is 1. The average Bonchev–Trinajstić information content (AvgIpc) is 2.18. The molecule has 8 heteroatoms. The lowest BCUT2D eigenvalue weighted by molar-refractivity contribution is -0.275. The molecule has 0 amide bonds. The van der Waals surface area contributed by atoms with Crippen molar-refractivity contribution in [3.05, 3.63) is 23.0 Å². The lowest BCUT2D eigenvalue weighted by Gasteiger charge is -2.12. The highest BCUT2D eigenvalue weighted by molar-refractivity contribution is 5.41. The summed E-state index contributed by atoms with van der Waals surface area (Å²) < 4.78 is 64.2. The molecule has 92 valence electrons. The van der Waals surface area contributed by atoms with Crippen LogP contribution in [0.15, 0.2) is 6.07 Å². The van der Waals surface area contributed by atoms with Gasteiger partial charge in [0.15, 0.2) is 5.75 Å². The summed E-state index contributed by atoms with van der Waals surface area (Å²) in [5.74, 6) is -0.841. The fourth-order valence-electron chi connectivity index (χ4n) is 1.09. The average molecular weight is 252 g/mol. The molecule has 0 unspecified atom stereocenters. The lowest BCUT2D eigenvalue weighted by Crippen LogP contribution is -2.18. The number of rotatable bonds is 2. The summed E-state index contributed by atoms with van der Waals surface area (Å²) in [4.78, 5) is 3.33. The van der Waals surface area contributed by atoms with Crippen LogP contribution in [0, 0.1) is 18.3 Å². The van der Waals surface area contributed by atoms with Gasteiger partial charge in [-0.2, -0.15) is 5.26 Å². The number of aryl methyl sites for hydroxylation is 1. The molecule has 0 spiro atoms. The van der Waals surface area contributed by atoms with Crippen LogP contribution in [0.2, 0.25) is 0 Å². The molecule has 0 bridgehead atoms. The minimum atomic E-state index is -5.00. The smallest absolute Gasteiger partial charge is 0.404 e. The van der Waals surface area contributed by atoms with Crippen LogP contribution in [-0.4, -0.2) is 11.3 Å². The minimum absolute atomic E-state index is 0.289. The monoisotopic (exact) mass is 252 g/mol. The molecule has 0 saturated heterocycles. The number of aromatic nitrogens is 1. The number of halogens is 5. The number of alkyl halides is 5. The molecule has 0 aromatic carbocycles. The zero-order valence-corrected chi connectivity index (χ0v) is 8.35. The van der Waals surface area contributed by atoms with Crippen LogP contribution in [0.4, 0.5) is 22.0 Å². The molecule has 0 saturated carbocycles. The van der Waals surface area contributed by atoms with Crippen LogP contribution < -0.4 is 4.74 Å². The fourth-order valence-corrected chi connectivity index (χ4v) is 1.09. The first-order chi connectivity index (χ1) is 7.74. The zero-order valence-electron chi connectivity index (χ0n) is 8.35. The third kappa shape index (κ3) is 3.27. The number of nitrogens with zero attached hydrogens (tertiary/aromatic N) is 2. The molecule has 1 heterocycles. The first kappa shape index (κ1) is 13.2. The Hall–Kier alpha value is -1.91. The van der Waals surface area contributed by atoms with Crippen molar-refractivity contribution in [1.29, 1.82) is 5.26 Å². The second-order valence-corrected chi connectivity index (χ2v) is 2.97. The summed E-state index contributed by atoms with van der Waals surface area (Å²) in [5.41, 5.74) is -1.80. The molecule has 0 aliphatic rings. The summed E-state index contributed by atoms with van der Waals surface area (Å²) in [6.07, 6.45) is -8.10. The van der Waals surface area contributed by atoms with Crippen LogP contribution in [0.1, 0.15) is 23.4 Å². The second-order valence-electron chi connectivity index (χ2n) is 2.97. The Morgan fingerprint density at radius 1 is 1.41 bits per heavy atom. The van der Waals surface area contributed by atoms with E-state index >= 15 is 0 Å². The van der Waals surface area contributed by atoms with E-state index in [1.165, 1.54) is 6.07 Å². The van der Waals surface area contributed by atoms with Gasteiger partial charge in [-0.05, 0) is 13.0 Å². The third-order valence-electron chi connectivity index (χ3n) is 1.76. The van der Waals surface area contributed by atoms with Gasteiger partial charge in [0.25, 0.3) is 6.43 Å². The molecule has 0 radical (unpaired) electrons. The van der Waals surface area contributed by atoms with Gasteiger partial charge in [-0.15, -0.1) is 13.2 Å². The van der Waals surface area contributed by atoms with E-state index in [4.69, 9.17) is 5.26 Å². The zero-order chi connectivity index (χ0) is 13.2. The first-order valence-corrected chi connectivity index (χ1v) is 4.20. The standard InChI is InChI=1S/C9H5F5N2O/c1-4-7(17-9(12,13)14)2-5(8(10)11)6(3-15)16-4/h2,8H,1H3. The van der Waals surface area contributed by atoms with Crippen molar-refractivity contribution in [3.8, 4) is 11.8 Å². The summed E-state index contributed by atoms with van der Waals surface area (Å²) in [7, 11) is 0. The molecule has 0 N–H and O–H groups in total. The van der Waals surface area contributed by atoms with E-state index in [2.05, 4.69) is 9.72 Å². The van der Waals surface area contributed by atoms with E-state index in [0.29, 0.717) is 6.07 Å². The Kier molecular flexibility index (Phi) is 3.50. The van der Waals surface area contributed by atoms with Crippen molar-refractivity contribution in [3.63, 3.8) is 0 Å². The largest absolute Gasteiger partial charge is 0.573 e. The number of pyridine rings is 1. The molecule has 17 heavy (non-hydrogen) atoms. The SMILES string of the molecule is Cc1nc(C#N)c(C(F)F)cc1OC(F)(F)F. The van der Waals surface area contributed by atoms with E-state index in [1.807, 2.05) is 0 Å². The van der Waals surface area contributed by atoms with Crippen molar-refractivity contribution in [2.24, 2.45) is 0 Å². The van der Waals surface area contributed by atoms with Crippen molar-refractivity contribution >= 4 is 0 Å². The topological polar surface area (TPSA) is 45.9 Å². The van der Waals surface area contributed by atoms with E-state index in [1.54, 1.807) is 0 Å². The highest BCUT2D eigenvalue weighted by atomic mass is 19.4. The van der Waals surface area contributed by atoms with Gasteiger partial charge in [-0.1, -0.05) is 0 Å². The Labute approximate surface area is 92.4 Å². The van der Waals surface area contributed by atoms with E-state index < -0.39 is 29.8 Å². The van der Waals surface area contributed by atoms with E-state index in [0.717, 1.165) is 6.92 Å². The van der Waals surface area contributed by atoms with Gasteiger partial charge < -0.3 is 4.74 Å². The minimum Gasteiger partial charge on any atom is -0.404 e. The molecule has 0 atom stereocenters. The summed E-state index contributed by atoms with van der Waals surface area (Å²) in [5, 5.41) is 8.51. The van der Waals surface area contributed by atoms with Gasteiger partial charge in [0, 0.05) is 0 Å². The molecule has 1 aromatic heterocycles. The van der Waals surface area contributed by atoms with E-state index in [9.17, 15) is 22.0 Å². The molecule has 0 aliphatic heterocycles. The molecular weight excluding hydrogens is 247 g/mol. The molecule has 0 fully saturated rings. The Bertz CT molecular complexity index is 464. The maximum Gasteiger partial charge on any atom is 0.573 e. The maximum absolute atomic E-state index is 12.4. The van der Waals surface area contributed by atoms with Crippen LogP contribution in [0.5, 0.6) is 5.75 Å². The first-order valence-electron chi connectivity index (χ1n) is 4.20. The Morgan fingerprint density at radius 2 is 2.00 bits per heavy atom. The van der Waals surface area contributed by atoms with Crippen LogP contribution in [-0.2, 0) is 0 Å². The number of hydrogen-bond acceptors (Lipinski definition) is 3. The normalized spacial score (nSPS) is 11.4. The predicted octanol–water partition coefficient (Wildman–Crippen LogP) is 3.10. The lowest BCUT2D eigenvalue weighted by atomic mass is 10.2. The second kappa shape index (κ2) is 4.53. The van der Waals surface area contributed by atoms with Crippen LogP contribution >= 0.6 is 0 Å². The molecule has 1 aromatic rings. The van der Waals surface area contributed by atoms with Crippen molar-refractivity contribution in [2.75, 3.05) is 0 Å².